The van der Waals surface area contributed by atoms with E-state index in [1.54, 1.807) is 0 Å². The fourth-order valence-electron chi connectivity index (χ4n) is 3.50. The Balaban J connectivity index is 2.09. The predicted molar refractivity (Wildman–Crippen MR) is 90.3 cm³/mol. The molecule has 10 heteroatoms. The number of nitrogens with two attached hydrogens (primary N) is 1. The Morgan fingerprint density at radius 1 is 1.19 bits per heavy atom. The summed E-state index contributed by atoms with van der Waals surface area (Å²) in [4.78, 5) is 23.4. The summed E-state index contributed by atoms with van der Waals surface area (Å²) >= 11 is 0. The number of hydrogen-bond acceptors (Lipinski definition) is 10. The zero-order valence-corrected chi connectivity index (χ0v) is 15.6. The molecule has 0 aromatic carbocycles. The summed E-state index contributed by atoms with van der Waals surface area (Å²) in [6.45, 7) is -0.901. The molecule has 0 amide bonds. The summed E-state index contributed by atoms with van der Waals surface area (Å²) in [6, 6.07) is -0.937. The first kappa shape index (κ1) is 22.0. The van der Waals surface area contributed by atoms with Gasteiger partial charge in [0, 0.05) is 0 Å². The minimum absolute atomic E-state index is 0.360. The Kier molecular flexibility index (Phi) is 8.39. The zero-order chi connectivity index (χ0) is 20.0. The topological polar surface area (TPSA) is 147 Å². The first-order chi connectivity index (χ1) is 12.9. The molecule has 2 aliphatic rings. The molecular weight excluding hydrogens is 362 g/mol. The Morgan fingerprint density at radius 3 is 2.52 bits per heavy atom. The van der Waals surface area contributed by atoms with Gasteiger partial charge in [-0.2, -0.15) is 0 Å². The van der Waals surface area contributed by atoms with Crippen LogP contribution < -0.4 is 5.73 Å². The molecule has 0 radical (unpaired) electrons. The van der Waals surface area contributed by atoms with E-state index in [4.69, 9.17) is 24.7 Å². The Hall–Kier alpha value is -1.30. The summed E-state index contributed by atoms with van der Waals surface area (Å²) in [6.07, 6.45) is -1.72. The molecule has 3 unspecified atom stereocenters. The van der Waals surface area contributed by atoms with Gasteiger partial charge in [0.2, 0.25) is 0 Å². The van der Waals surface area contributed by atoms with E-state index in [1.165, 1.54) is 14.2 Å². The lowest BCUT2D eigenvalue weighted by molar-refractivity contribution is -0.289. The average Bonchev–Trinajstić information content (AvgIpc) is 2.69. The van der Waals surface area contributed by atoms with Gasteiger partial charge in [-0.3, -0.25) is 4.79 Å². The third-order valence-corrected chi connectivity index (χ3v) is 5.04. The molecule has 27 heavy (non-hydrogen) atoms. The molecule has 7 atom stereocenters. The monoisotopic (exact) mass is 391 g/mol. The Bertz CT molecular complexity index is 503. The lowest BCUT2D eigenvalue weighted by Crippen LogP contribution is -2.64. The van der Waals surface area contributed by atoms with Crippen molar-refractivity contribution in [1.29, 1.82) is 0 Å². The molecule has 156 valence electrons. The van der Waals surface area contributed by atoms with Crippen molar-refractivity contribution < 1.29 is 43.5 Å². The van der Waals surface area contributed by atoms with Crippen molar-refractivity contribution in [1.82, 2.24) is 0 Å². The molecule has 0 bridgehead atoms. The first-order valence-corrected chi connectivity index (χ1v) is 9.04. The molecule has 4 N–H and O–H groups in total. The molecule has 1 heterocycles. The fourth-order valence-corrected chi connectivity index (χ4v) is 3.50. The smallest absolute Gasteiger partial charge is 0.331 e. The predicted octanol–water partition coefficient (Wildman–Crippen LogP) is -1.30. The van der Waals surface area contributed by atoms with Crippen LogP contribution >= 0.6 is 0 Å². The van der Waals surface area contributed by atoms with Crippen molar-refractivity contribution >= 4 is 11.9 Å². The van der Waals surface area contributed by atoms with Crippen LogP contribution in [0.2, 0.25) is 0 Å². The second-order valence-electron chi connectivity index (χ2n) is 6.73. The number of aliphatic hydroxyl groups excluding tert-OH is 2. The van der Waals surface area contributed by atoms with Gasteiger partial charge in [-0.15, -0.1) is 0 Å². The number of methoxy groups -OCH3 is 2. The summed E-state index contributed by atoms with van der Waals surface area (Å²) in [5, 5.41) is 19.8. The van der Waals surface area contributed by atoms with Crippen molar-refractivity contribution in [2.24, 2.45) is 11.7 Å². The lowest BCUT2D eigenvalue weighted by Gasteiger charge is -2.44. The standard InChI is InChI=1S/C17H29NO9/c1-23-12(20)8-25-15-13(18)17(27-11(7-19)14(15)21)26-10-6-4-3-5-9(10)16(22)24-2/h9-11,13-15,17,19,21H,3-8,18H2,1-2H3/t9-,10-,11?,13?,14+,15+,17?/m0/s1. The summed E-state index contributed by atoms with van der Waals surface area (Å²) in [5.41, 5.74) is 6.14. The van der Waals surface area contributed by atoms with Crippen LogP contribution in [0.3, 0.4) is 0 Å². The second-order valence-corrected chi connectivity index (χ2v) is 6.73. The molecule has 0 spiro atoms. The van der Waals surface area contributed by atoms with Crippen LogP contribution in [-0.4, -0.2) is 86.3 Å². The van der Waals surface area contributed by atoms with E-state index < -0.39 is 61.8 Å². The van der Waals surface area contributed by atoms with Gasteiger partial charge >= 0.3 is 11.9 Å². The van der Waals surface area contributed by atoms with Crippen molar-refractivity contribution in [3.05, 3.63) is 0 Å². The number of hydrogen-bond donors (Lipinski definition) is 3. The highest BCUT2D eigenvalue weighted by atomic mass is 16.7. The van der Waals surface area contributed by atoms with Gasteiger partial charge in [0.1, 0.15) is 24.9 Å². The zero-order valence-electron chi connectivity index (χ0n) is 15.6. The van der Waals surface area contributed by atoms with Gasteiger partial charge in [0.25, 0.3) is 0 Å². The van der Waals surface area contributed by atoms with Crippen LogP contribution in [0, 0.1) is 5.92 Å². The number of ether oxygens (including phenoxy) is 5. The number of rotatable bonds is 7. The van der Waals surface area contributed by atoms with E-state index in [1.807, 2.05) is 0 Å². The quantitative estimate of drug-likeness (QED) is 0.447. The minimum Gasteiger partial charge on any atom is -0.469 e. The molecule has 10 nitrogen and oxygen atoms in total. The van der Waals surface area contributed by atoms with Crippen LogP contribution in [-0.2, 0) is 33.3 Å². The molecule has 0 aromatic heterocycles. The van der Waals surface area contributed by atoms with Crippen LogP contribution in [0.1, 0.15) is 25.7 Å². The molecule has 2 fully saturated rings. The molecule has 1 aliphatic heterocycles. The first-order valence-electron chi connectivity index (χ1n) is 9.04. The van der Waals surface area contributed by atoms with E-state index in [0.29, 0.717) is 12.8 Å². The number of esters is 2. The summed E-state index contributed by atoms with van der Waals surface area (Å²) < 4.78 is 26.3. The Morgan fingerprint density at radius 2 is 1.89 bits per heavy atom. The number of aliphatic hydroxyl groups is 2. The van der Waals surface area contributed by atoms with Crippen molar-refractivity contribution in [2.45, 2.75) is 62.4 Å². The van der Waals surface area contributed by atoms with E-state index in [2.05, 4.69) is 4.74 Å². The van der Waals surface area contributed by atoms with E-state index in [9.17, 15) is 19.8 Å². The maximum Gasteiger partial charge on any atom is 0.331 e. The van der Waals surface area contributed by atoms with Gasteiger partial charge in [-0.1, -0.05) is 12.8 Å². The highest BCUT2D eigenvalue weighted by Gasteiger charge is 2.47. The van der Waals surface area contributed by atoms with Crippen LogP contribution in [0.4, 0.5) is 0 Å². The Labute approximate surface area is 157 Å². The largest absolute Gasteiger partial charge is 0.469 e. The summed E-state index contributed by atoms with van der Waals surface area (Å²) in [7, 11) is 2.54. The molecule has 1 aliphatic carbocycles. The lowest BCUT2D eigenvalue weighted by atomic mass is 9.86. The highest BCUT2D eigenvalue weighted by molar-refractivity contribution is 5.73. The van der Waals surface area contributed by atoms with Gasteiger partial charge in [-0.25, -0.2) is 4.79 Å². The number of carbonyl (C=O) groups excluding carboxylic acids is 2. The van der Waals surface area contributed by atoms with Crippen LogP contribution in [0.5, 0.6) is 0 Å². The number of carbonyl (C=O) groups is 2. The average molecular weight is 391 g/mol. The highest BCUT2D eigenvalue weighted by Crippen LogP contribution is 2.32. The summed E-state index contributed by atoms with van der Waals surface area (Å²) in [5.74, 6) is -1.42. The van der Waals surface area contributed by atoms with Gasteiger partial charge < -0.3 is 39.6 Å². The minimum atomic E-state index is -1.25. The maximum atomic E-state index is 12.0. The molecule has 2 rings (SSSR count). The van der Waals surface area contributed by atoms with Crippen molar-refractivity contribution in [2.75, 3.05) is 27.4 Å². The fraction of sp³-hybridized carbons (Fsp3) is 0.882. The van der Waals surface area contributed by atoms with Crippen molar-refractivity contribution in [3.8, 4) is 0 Å². The van der Waals surface area contributed by atoms with E-state index in [-0.39, 0.29) is 5.97 Å². The van der Waals surface area contributed by atoms with Gasteiger partial charge in [0.05, 0.1) is 38.9 Å². The molecule has 0 aromatic rings. The maximum absolute atomic E-state index is 12.0. The normalized spacial score (nSPS) is 36.9. The van der Waals surface area contributed by atoms with Gasteiger partial charge in [0.15, 0.2) is 6.29 Å². The van der Waals surface area contributed by atoms with Gasteiger partial charge in [-0.05, 0) is 12.8 Å². The second kappa shape index (κ2) is 10.3. The van der Waals surface area contributed by atoms with E-state index in [0.717, 1.165) is 12.8 Å². The molecule has 1 saturated carbocycles. The molecule has 1 saturated heterocycles. The molecular formula is C17H29NO9. The van der Waals surface area contributed by atoms with Crippen molar-refractivity contribution in [3.63, 3.8) is 0 Å². The van der Waals surface area contributed by atoms with Crippen LogP contribution in [0.25, 0.3) is 0 Å². The van der Waals surface area contributed by atoms with Crippen LogP contribution in [0.15, 0.2) is 0 Å². The van der Waals surface area contributed by atoms with E-state index >= 15 is 0 Å². The third-order valence-electron chi connectivity index (χ3n) is 5.04. The third kappa shape index (κ3) is 5.37. The SMILES string of the molecule is COC(=O)CO[C@@H]1C(N)C(O[C@H]2CCCC[C@@H]2C(=O)OC)OC(CO)[C@H]1O.